The first-order valence-corrected chi connectivity index (χ1v) is 5.94. The van der Waals surface area contributed by atoms with Gasteiger partial charge in [0.05, 0.1) is 0 Å². The minimum Gasteiger partial charge on any atom is -0.504 e. The van der Waals surface area contributed by atoms with E-state index in [1.54, 1.807) is 6.07 Å². The van der Waals surface area contributed by atoms with Gasteiger partial charge in [-0.25, -0.2) is 0 Å². The van der Waals surface area contributed by atoms with E-state index in [1.165, 1.54) is 12.1 Å². The zero-order valence-corrected chi connectivity index (χ0v) is 10.0. The van der Waals surface area contributed by atoms with Gasteiger partial charge in [0.25, 0.3) is 0 Å². The number of ketones is 1. The summed E-state index contributed by atoms with van der Waals surface area (Å²) in [5, 5.41) is 18.8. The summed E-state index contributed by atoms with van der Waals surface area (Å²) >= 11 is 0. The monoisotopic (exact) mass is 256 g/mol. The molecule has 1 aliphatic heterocycles. The number of phenols is 2. The molecule has 0 spiro atoms. The third-order valence-electron chi connectivity index (χ3n) is 3.18. The van der Waals surface area contributed by atoms with E-state index < -0.39 is 6.10 Å². The largest absolute Gasteiger partial charge is 0.504 e. The number of phenolic OH excluding ortho intramolecular Hbond substituents is 2. The number of para-hydroxylation sites is 1. The Labute approximate surface area is 109 Å². The Bertz CT molecular complexity index is 648. The van der Waals surface area contributed by atoms with Gasteiger partial charge in [0.15, 0.2) is 23.4 Å². The van der Waals surface area contributed by atoms with Crippen LogP contribution >= 0.6 is 0 Å². The lowest BCUT2D eigenvalue weighted by Crippen LogP contribution is -2.25. The van der Waals surface area contributed by atoms with Crippen LogP contribution in [0, 0.1) is 0 Å². The second-order valence-corrected chi connectivity index (χ2v) is 4.50. The topological polar surface area (TPSA) is 66.8 Å². The van der Waals surface area contributed by atoms with E-state index in [0.29, 0.717) is 17.7 Å². The smallest absolute Gasteiger partial charge is 0.182 e. The van der Waals surface area contributed by atoms with Crippen LogP contribution in [-0.4, -0.2) is 16.0 Å². The van der Waals surface area contributed by atoms with Crippen molar-refractivity contribution in [2.75, 3.05) is 0 Å². The van der Waals surface area contributed by atoms with E-state index in [9.17, 15) is 15.0 Å². The molecule has 1 heterocycles. The maximum Gasteiger partial charge on any atom is 0.182 e. The fourth-order valence-corrected chi connectivity index (χ4v) is 2.20. The summed E-state index contributed by atoms with van der Waals surface area (Å²) in [5.74, 6) is 0.142. The van der Waals surface area contributed by atoms with Gasteiger partial charge < -0.3 is 14.9 Å². The van der Waals surface area contributed by atoms with Crippen LogP contribution in [0.4, 0.5) is 0 Å². The summed E-state index contributed by atoms with van der Waals surface area (Å²) in [6.07, 6.45) is -0.427. The fraction of sp³-hybridized carbons (Fsp3) is 0.133. The highest BCUT2D eigenvalue weighted by atomic mass is 16.5. The molecule has 2 aromatic rings. The highest BCUT2D eigenvalue weighted by Gasteiger charge is 2.29. The van der Waals surface area contributed by atoms with E-state index in [1.807, 2.05) is 24.3 Å². The van der Waals surface area contributed by atoms with Crippen LogP contribution in [-0.2, 0) is 11.2 Å². The number of hydrogen-bond acceptors (Lipinski definition) is 4. The molecule has 1 unspecified atom stereocenters. The van der Waals surface area contributed by atoms with Crippen LogP contribution < -0.4 is 4.74 Å². The first kappa shape index (κ1) is 11.6. The zero-order valence-electron chi connectivity index (χ0n) is 10.0. The Balaban J connectivity index is 1.98. The second-order valence-electron chi connectivity index (χ2n) is 4.50. The summed E-state index contributed by atoms with van der Waals surface area (Å²) in [6, 6.07) is 11.7. The summed E-state index contributed by atoms with van der Waals surface area (Å²) < 4.78 is 5.68. The van der Waals surface area contributed by atoms with Crippen LogP contribution in [0.1, 0.15) is 17.2 Å². The number of hydrogen-bond donors (Lipinski definition) is 2. The maximum absolute atomic E-state index is 12.1. The Hall–Kier alpha value is -2.49. The molecule has 96 valence electrons. The molecule has 3 rings (SSSR count). The zero-order chi connectivity index (χ0) is 13.4. The standard InChI is InChI=1S/C15H12O4/c16-11-6-5-10(8-12(11)17)15-13(18)7-9-3-1-2-4-14(9)19-15/h1-6,8,15-17H,7H2. The van der Waals surface area contributed by atoms with Crippen molar-refractivity contribution in [3.8, 4) is 17.2 Å². The molecule has 2 N–H and O–H groups in total. The lowest BCUT2D eigenvalue weighted by Gasteiger charge is -2.25. The van der Waals surface area contributed by atoms with Gasteiger partial charge in [-0.15, -0.1) is 0 Å². The minimum absolute atomic E-state index is 0.0659. The predicted molar refractivity (Wildman–Crippen MR) is 68.3 cm³/mol. The molecule has 0 saturated carbocycles. The van der Waals surface area contributed by atoms with Gasteiger partial charge >= 0.3 is 0 Å². The number of Topliss-reactive ketones (excluding diaryl/α,β-unsaturated/α-hetero) is 1. The Morgan fingerprint density at radius 3 is 2.63 bits per heavy atom. The molecule has 4 nitrogen and oxygen atoms in total. The van der Waals surface area contributed by atoms with Crippen LogP contribution in [0.15, 0.2) is 42.5 Å². The summed E-state index contributed by atoms with van der Waals surface area (Å²) in [5.41, 5.74) is 1.40. The van der Waals surface area contributed by atoms with E-state index in [4.69, 9.17) is 4.74 Å². The van der Waals surface area contributed by atoms with Gasteiger partial charge in [-0.2, -0.15) is 0 Å². The molecule has 2 aromatic carbocycles. The molecule has 0 bridgehead atoms. The molecule has 0 aromatic heterocycles. The molecular weight excluding hydrogens is 244 g/mol. The minimum atomic E-state index is -0.735. The summed E-state index contributed by atoms with van der Waals surface area (Å²) in [6.45, 7) is 0. The van der Waals surface area contributed by atoms with Crippen molar-refractivity contribution < 1.29 is 19.7 Å². The van der Waals surface area contributed by atoms with Crippen LogP contribution in [0.3, 0.4) is 0 Å². The van der Waals surface area contributed by atoms with Crippen LogP contribution in [0.2, 0.25) is 0 Å². The van der Waals surface area contributed by atoms with Crippen LogP contribution in [0.25, 0.3) is 0 Å². The van der Waals surface area contributed by atoms with Crippen molar-refractivity contribution in [2.45, 2.75) is 12.5 Å². The molecule has 1 atom stereocenters. The van der Waals surface area contributed by atoms with Gasteiger partial charge in [-0.1, -0.05) is 24.3 Å². The van der Waals surface area contributed by atoms with E-state index >= 15 is 0 Å². The van der Waals surface area contributed by atoms with Crippen molar-refractivity contribution in [1.29, 1.82) is 0 Å². The predicted octanol–water partition coefficient (Wildman–Crippen LogP) is 2.34. The SMILES string of the molecule is O=C1Cc2ccccc2OC1c1ccc(O)c(O)c1. The van der Waals surface area contributed by atoms with Crippen molar-refractivity contribution in [2.24, 2.45) is 0 Å². The van der Waals surface area contributed by atoms with Crippen molar-refractivity contribution in [1.82, 2.24) is 0 Å². The normalized spacial score (nSPS) is 17.7. The molecule has 0 aliphatic carbocycles. The first-order chi connectivity index (χ1) is 9.15. The molecule has 0 amide bonds. The number of carbonyl (C=O) groups is 1. The molecule has 0 radical (unpaired) electrons. The lowest BCUT2D eigenvalue weighted by molar-refractivity contribution is -0.126. The maximum atomic E-state index is 12.1. The summed E-state index contributed by atoms with van der Waals surface area (Å²) in [4.78, 5) is 12.1. The Morgan fingerprint density at radius 1 is 1.05 bits per heavy atom. The molecular formula is C15H12O4. The first-order valence-electron chi connectivity index (χ1n) is 5.94. The number of ether oxygens (including phenoxy) is 1. The number of benzene rings is 2. The highest BCUT2D eigenvalue weighted by molar-refractivity contribution is 5.88. The third kappa shape index (κ3) is 2.01. The average Bonchev–Trinajstić information content (AvgIpc) is 2.41. The van der Waals surface area contributed by atoms with Crippen molar-refractivity contribution >= 4 is 5.78 Å². The molecule has 19 heavy (non-hydrogen) atoms. The van der Waals surface area contributed by atoms with Crippen molar-refractivity contribution in [3.05, 3.63) is 53.6 Å². The molecule has 1 aliphatic rings. The van der Waals surface area contributed by atoms with E-state index in [-0.39, 0.29) is 17.3 Å². The van der Waals surface area contributed by atoms with Gasteiger partial charge in [-0.3, -0.25) is 4.79 Å². The average molecular weight is 256 g/mol. The van der Waals surface area contributed by atoms with Crippen molar-refractivity contribution in [3.63, 3.8) is 0 Å². The Kier molecular flexibility index (Phi) is 2.63. The molecule has 0 saturated heterocycles. The van der Waals surface area contributed by atoms with Gasteiger partial charge in [0.1, 0.15) is 5.75 Å². The number of fused-ring (bicyclic) bond motifs is 1. The molecule has 0 fully saturated rings. The van der Waals surface area contributed by atoms with Crippen LogP contribution in [0.5, 0.6) is 17.2 Å². The third-order valence-corrected chi connectivity index (χ3v) is 3.18. The van der Waals surface area contributed by atoms with Gasteiger partial charge in [0, 0.05) is 17.5 Å². The van der Waals surface area contributed by atoms with Gasteiger partial charge in [0.2, 0.25) is 0 Å². The number of rotatable bonds is 1. The second kappa shape index (κ2) is 4.31. The number of aromatic hydroxyl groups is 2. The molecule has 4 heteroatoms. The number of carbonyl (C=O) groups excluding carboxylic acids is 1. The quantitative estimate of drug-likeness (QED) is 0.768. The highest BCUT2D eigenvalue weighted by Crippen LogP contribution is 2.35. The lowest BCUT2D eigenvalue weighted by atomic mass is 9.96. The fourth-order valence-electron chi connectivity index (χ4n) is 2.20. The van der Waals surface area contributed by atoms with Gasteiger partial charge in [-0.05, 0) is 18.2 Å². The summed E-state index contributed by atoms with van der Waals surface area (Å²) in [7, 11) is 0. The van der Waals surface area contributed by atoms with E-state index in [0.717, 1.165) is 5.56 Å². The Morgan fingerprint density at radius 2 is 1.84 bits per heavy atom. The van der Waals surface area contributed by atoms with E-state index in [2.05, 4.69) is 0 Å².